The number of nitrogens with zero attached hydrogens (tertiary/aromatic N) is 1. The van der Waals surface area contributed by atoms with E-state index < -0.39 is 0 Å². The molecule has 1 amide bonds. The number of hydrogen-bond acceptors (Lipinski definition) is 4. The van der Waals surface area contributed by atoms with E-state index in [4.69, 9.17) is 8.83 Å². The SMILES string of the molecule is Cc1ccc2oc(-c3ccccc3NC(=O)c3ccco3)nc2c1. The van der Waals surface area contributed by atoms with E-state index in [1.807, 2.05) is 43.3 Å². The zero-order chi connectivity index (χ0) is 16.5. The van der Waals surface area contributed by atoms with E-state index in [-0.39, 0.29) is 11.7 Å². The molecule has 0 spiro atoms. The molecule has 1 N–H and O–H groups in total. The van der Waals surface area contributed by atoms with Crippen LogP contribution in [0.25, 0.3) is 22.6 Å². The number of carbonyl (C=O) groups is 1. The minimum Gasteiger partial charge on any atom is -0.459 e. The Morgan fingerprint density at radius 2 is 1.96 bits per heavy atom. The molecule has 0 saturated carbocycles. The van der Waals surface area contributed by atoms with Crippen molar-refractivity contribution in [3.63, 3.8) is 0 Å². The summed E-state index contributed by atoms with van der Waals surface area (Å²) in [5.41, 5.74) is 3.94. The second-order valence-corrected chi connectivity index (χ2v) is 5.47. The molecule has 2 aromatic heterocycles. The zero-order valence-electron chi connectivity index (χ0n) is 12.9. The molecule has 4 rings (SSSR count). The molecule has 24 heavy (non-hydrogen) atoms. The van der Waals surface area contributed by atoms with Crippen molar-refractivity contribution in [2.75, 3.05) is 5.32 Å². The van der Waals surface area contributed by atoms with Crippen LogP contribution in [0.5, 0.6) is 0 Å². The fourth-order valence-electron chi connectivity index (χ4n) is 2.52. The lowest BCUT2D eigenvalue weighted by Crippen LogP contribution is -2.11. The van der Waals surface area contributed by atoms with Crippen molar-refractivity contribution in [3.8, 4) is 11.5 Å². The highest BCUT2D eigenvalue weighted by Gasteiger charge is 2.15. The van der Waals surface area contributed by atoms with Gasteiger partial charge in [-0.2, -0.15) is 0 Å². The highest BCUT2D eigenvalue weighted by Crippen LogP contribution is 2.30. The number of fused-ring (bicyclic) bond motifs is 1. The summed E-state index contributed by atoms with van der Waals surface area (Å²) in [5, 5.41) is 2.83. The Bertz CT molecular complexity index is 1020. The summed E-state index contributed by atoms with van der Waals surface area (Å²) >= 11 is 0. The van der Waals surface area contributed by atoms with Crippen molar-refractivity contribution in [1.29, 1.82) is 0 Å². The number of para-hydroxylation sites is 1. The van der Waals surface area contributed by atoms with Gasteiger partial charge in [-0.1, -0.05) is 18.2 Å². The largest absolute Gasteiger partial charge is 0.459 e. The monoisotopic (exact) mass is 318 g/mol. The van der Waals surface area contributed by atoms with Crippen LogP contribution >= 0.6 is 0 Å². The highest BCUT2D eigenvalue weighted by atomic mass is 16.3. The molecule has 2 aromatic carbocycles. The maximum atomic E-state index is 12.2. The molecule has 5 nitrogen and oxygen atoms in total. The van der Waals surface area contributed by atoms with Gasteiger partial charge in [-0.25, -0.2) is 4.98 Å². The summed E-state index contributed by atoms with van der Waals surface area (Å²) in [6.07, 6.45) is 1.46. The van der Waals surface area contributed by atoms with E-state index in [1.165, 1.54) is 6.26 Å². The van der Waals surface area contributed by atoms with Gasteiger partial charge in [-0.3, -0.25) is 4.79 Å². The average Bonchev–Trinajstić information content (AvgIpc) is 3.24. The van der Waals surface area contributed by atoms with Crippen LogP contribution in [-0.2, 0) is 0 Å². The topological polar surface area (TPSA) is 68.3 Å². The molecule has 0 saturated heterocycles. The fourth-order valence-corrected chi connectivity index (χ4v) is 2.52. The molecule has 0 aliphatic rings. The number of amides is 1. The Labute approximate surface area is 137 Å². The van der Waals surface area contributed by atoms with Crippen LogP contribution in [0.2, 0.25) is 0 Å². The normalized spacial score (nSPS) is 10.9. The summed E-state index contributed by atoms with van der Waals surface area (Å²) < 4.78 is 11.0. The molecule has 0 bridgehead atoms. The maximum Gasteiger partial charge on any atom is 0.291 e. The first-order valence-corrected chi connectivity index (χ1v) is 7.52. The average molecular weight is 318 g/mol. The van der Waals surface area contributed by atoms with Crippen molar-refractivity contribution >= 4 is 22.7 Å². The molecule has 0 radical (unpaired) electrons. The lowest BCUT2D eigenvalue weighted by Gasteiger charge is -2.07. The van der Waals surface area contributed by atoms with Gasteiger partial charge in [0, 0.05) is 0 Å². The Hall–Kier alpha value is -3.34. The first-order valence-electron chi connectivity index (χ1n) is 7.52. The molecule has 0 atom stereocenters. The second kappa shape index (κ2) is 5.70. The van der Waals surface area contributed by atoms with Gasteiger partial charge in [0.25, 0.3) is 5.91 Å². The van der Waals surface area contributed by atoms with Gasteiger partial charge < -0.3 is 14.2 Å². The number of aromatic nitrogens is 1. The Morgan fingerprint density at radius 1 is 1.08 bits per heavy atom. The number of rotatable bonds is 3. The van der Waals surface area contributed by atoms with Gasteiger partial charge in [0.15, 0.2) is 11.3 Å². The van der Waals surface area contributed by atoms with Crippen molar-refractivity contribution in [2.45, 2.75) is 6.92 Å². The predicted molar refractivity (Wildman–Crippen MR) is 90.8 cm³/mol. The molecular weight excluding hydrogens is 304 g/mol. The number of aryl methyl sites for hydroxylation is 1. The minimum absolute atomic E-state index is 0.248. The van der Waals surface area contributed by atoms with E-state index in [2.05, 4.69) is 10.3 Å². The van der Waals surface area contributed by atoms with Crippen molar-refractivity contribution in [3.05, 3.63) is 72.2 Å². The van der Waals surface area contributed by atoms with E-state index in [9.17, 15) is 4.79 Å². The fraction of sp³-hybridized carbons (Fsp3) is 0.0526. The van der Waals surface area contributed by atoms with Crippen LogP contribution in [-0.4, -0.2) is 10.9 Å². The van der Waals surface area contributed by atoms with Gasteiger partial charge in [0.2, 0.25) is 5.89 Å². The number of oxazole rings is 1. The van der Waals surface area contributed by atoms with Crippen molar-refractivity contribution in [2.24, 2.45) is 0 Å². The van der Waals surface area contributed by atoms with Crippen LogP contribution in [0.4, 0.5) is 5.69 Å². The molecule has 0 aliphatic heterocycles. The highest BCUT2D eigenvalue weighted by molar-refractivity contribution is 6.04. The van der Waals surface area contributed by atoms with E-state index in [1.54, 1.807) is 18.2 Å². The predicted octanol–water partition coefficient (Wildman–Crippen LogP) is 4.65. The third kappa shape index (κ3) is 2.56. The van der Waals surface area contributed by atoms with Gasteiger partial charge in [-0.15, -0.1) is 0 Å². The first-order chi connectivity index (χ1) is 11.7. The molecule has 4 aromatic rings. The number of carbonyl (C=O) groups excluding carboxylic acids is 1. The minimum atomic E-state index is -0.320. The molecule has 0 fully saturated rings. The zero-order valence-corrected chi connectivity index (χ0v) is 12.9. The van der Waals surface area contributed by atoms with Gasteiger partial charge in [0.05, 0.1) is 17.5 Å². The van der Waals surface area contributed by atoms with Gasteiger partial charge in [0.1, 0.15) is 5.52 Å². The maximum absolute atomic E-state index is 12.2. The molecule has 2 heterocycles. The van der Waals surface area contributed by atoms with Crippen LogP contribution < -0.4 is 5.32 Å². The Kier molecular flexibility index (Phi) is 3.39. The number of hydrogen-bond donors (Lipinski definition) is 1. The standard InChI is InChI=1S/C19H14N2O3/c1-12-8-9-16-15(11-12)21-19(24-16)13-5-2-3-6-14(13)20-18(22)17-7-4-10-23-17/h2-11H,1H3,(H,20,22). The molecule has 0 unspecified atom stereocenters. The summed E-state index contributed by atoms with van der Waals surface area (Å²) in [4.78, 5) is 16.8. The van der Waals surface area contributed by atoms with Gasteiger partial charge in [-0.05, 0) is 48.9 Å². The molecular formula is C19H14N2O3. The lowest BCUT2D eigenvalue weighted by atomic mass is 10.1. The molecule has 5 heteroatoms. The Balaban J connectivity index is 1.73. The summed E-state index contributed by atoms with van der Waals surface area (Å²) in [6, 6.07) is 16.5. The van der Waals surface area contributed by atoms with Gasteiger partial charge >= 0.3 is 0 Å². The van der Waals surface area contributed by atoms with Crippen LogP contribution in [0, 0.1) is 6.92 Å². The van der Waals surface area contributed by atoms with E-state index in [0.29, 0.717) is 22.7 Å². The van der Waals surface area contributed by atoms with E-state index in [0.717, 1.165) is 11.1 Å². The summed E-state index contributed by atoms with van der Waals surface area (Å²) in [6.45, 7) is 2.01. The third-order valence-corrected chi connectivity index (χ3v) is 3.69. The summed E-state index contributed by atoms with van der Waals surface area (Å²) in [7, 11) is 0. The summed E-state index contributed by atoms with van der Waals surface area (Å²) in [5.74, 6) is 0.392. The third-order valence-electron chi connectivity index (χ3n) is 3.69. The number of furan rings is 1. The smallest absolute Gasteiger partial charge is 0.291 e. The lowest BCUT2D eigenvalue weighted by molar-refractivity contribution is 0.0996. The number of benzene rings is 2. The second-order valence-electron chi connectivity index (χ2n) is 5.47. The van der Waals surface area contributed by atoms with Crippen molar-refractivity contribution < 1.29 is 13.6 Å². The number of anilines is 1. The first kappa shape index (κ1) is 14.3. The van der Waals surface area contributed by atoms with Crippen molar-refractivity contribution in [1.82, 2.24) is 4.98 Å². The Morgan fingerprint density at radius 3 is 2.79 bits per heavy atom. The van der Waals surface area contributed by atoms with Crippen LogP contribution in [0.3, 0.4) is 0 Å². The quantitative estimate of drug-likeness (QED) is 0.597. The molecule has 0 aliphatic carbocycles. The van der Waals surface area contributed by atoms with Crippen LogP contribution in [0.1, 0.15) is 16.1 Å². The van der Waals surface area contributed by atoms with Crippen LogP contribution in [0.15, 0.2) is 69.7 Å². The molecule has 118 valence electrons. The number of nitrogens with one attached hydrogen (secondary N) is 1. The van der Waals surface area contributed by atoms with E-state index >= 15 is 0 Å².